The molecular formula is C21H20ClN3O4. The van der Waals surface area contributed by atoms with Crippen molar-refractivity contribution in [3.05, 3.63) is 70.9 Å². The Hall–Kier alpha value is -3.32. The minimum Gasteiger partial charge on any atom is -0.451 e. The van der Waals surface area contributed by atoms with Crippen molar-refractivity contribution in [2.45, 2.75) is 25.5 Å². The molecule has 150 valence electrons. The molecule has 0 unspecified atom stereocenters. The number of H-pyrrole nitrogens is 1. The van der Waals surface area contributed by atoms with Crippen LogP contribution in [0.2, 0.25) is 5.02 Å². The van der Waals surface area contributed by atoms with Crippen molar-refractivity contribution in [2.24, 2.45) is 5.73 Å². The molecule has 3 rings (SSSR count). The van der Waals surface area contributed by atoms with Crippen LogP contribution >= 0.6 is 11.6 Å². The second kappa shape index (κ2) is 8.79. The van der Waals surface area contributed by atoms with E-state index in [0.717, 1.165) is 16.5 Å². The highest BCUT2D eigenvalue weighted by atomic mass is 35.5. The maximum absolute atomic E-state index is 12.7. The molecule has 4 N–H and O–H groups in total. The van der Waals surface area contributed by atoms with Gasteiger partial charge in [-0.1, -0.05) is 41.9 Å². The standard InChI is InChI=1S/C21H20ClN3O4/c1-12(19(23)26)29-21(28)18(25-20(27)15-7-2-4-8-16(15)22)10-13-11-24-17-9-5-3-6-14(13)17/h2-9,11-12,18,24H,10H2,1H3,(H2,23,26)(H,25,27)/t12-,18-/m0/s1. The molecule has 0 radical (unpaired) electrons. The summed E-state index contributed by atoms with van der Waals surface area (Å²) in [4.78, 5) is 39.8. The molecule has 0 bridgehead atoms. The molecule has 0 aliphatic heterocycles. The average Bonchev–Trinajstić information content (AvgIpc) is 3.10. The number of carbonyl (C=O) groups excluding carboxylic acids is 3. The fourth-order valence-corrected chi connectivity index (χ4v) is 3.13. The average molecular weight is 414 g/mol. The number of primary amides is 1. The van der Waals surface area contributed by atoms with Gasteiger partial charge in [0, 0.05) is 23.5 Å². The Labute approximate surface area is 172 Å². The maximum Gasteiger partial charge on any atom is 0.329 e. The summed E-state index contributed by atoms with van der Waals surface area (Å²) in [6.07, 6.45) is 0.805. The van der Waals surface area contributed by atoms with Gasteiger partial charge in [-0.2, -0.15) is 0 Å². The SMILES string of the molecule is C[C@H](OC(=O)[C@H](Cc1c[nH]c2ccccc12)NC(=O)c1ccccc1Cl)C(N)=O. The topological polar surface area (TPSA) is 114 Å². The Morgan fingerprint density at radius 1 is 1.14 bits per heavy atom. The fraction of sp³-hybridized carbons (Fsp3) is 0.190. The van der Waals surface area contributed by atoms with Crippen molar-refractivity contribution in [3.8, 4) is 0 Å². The minimum atomic E-state index is -1.12. The summed E-state index contributed by atoms with van der Waals surface area (Å²) >= 11 is 6.09. The molecule has 0 fully saturated rings. The zero-order valence-electron chi connectivity index (χ0n) is 15.6. The number of esters is 1. The number of fused-ring (bicyclic) bond motifs is 1. The van der Waals surface area contributed by atoms with Crippen LogP contribution in [0.4, 0.5) is 0 Å². The van der Waals surface area contributed by atoms with E-state index in [2.05, 4.69) is 10.3 Å². The molecule has 3 aromatic rings. The first kappa shape index (κ1) is 20.4. The largest absolute Gasteiger partial charge is 0.451 e. The van der Waals surface area contributed by atoms with E-state index in [0.29, 0.717) is 0 Å². The number of hydrogen-bond donors (Lipinski definition) is 3. The number of para-hydroxylation sites is 1. The van der Waals surface area contributed by atoms with E-state index in [1.54, 1.807) is 30.5 Å². The van der Waals surface area contributed by atoms with Gasteiger partial charge in [-0.05, 0) is 30.7 Å². The van der Waals surface area contributed by atoms with Gasteiger partial charge in [0.25, 0.3) is 11.8 Å². The van der Waals surface area contributed by atoms with E-state index in [1.807, 2.05) is 24.3 Å². The number of nitrogens with two attached hydrogens (primary N) is 1. The van der Waals surface area contributed by atoms with Gasteiger partial charge in [-0.3, -0.25) is 9.59 Å². The first-order chi connectivity index (χ1) is 13.9. The first-order valence-corrected chi connectivity index (χ1v) is 9.35. The van der Waals surface area contributed by atoms with Crippen LogP contribution in [-0.4, -0.2) is 34.9 Å². The molecule has 0 saturated heterocycles. The van der Waals surface area contributed by atoms with Crippen molar-refractivity contribution in [1.82, 2.24) is 10.3 Å². The number of halogens is 1. The molecule has 0 aliphatic carbocycles. The molecular weight excluding hydrogens is 394 g/mol. The van der Waals surface area contributed by atoms with E-state index in [4.69, 9.17) is 22.1 Å². The third kappa shape index (κ3) is 4.75. The van der Waals surface area contributed by atoms with Gasteiger partial charge in [0.1, 0.15) is 6.04 Å². The van der Waals surface area contributed by atoms with Gasteiger partial charge < -0.3 is 20.8 Å². The second-order valence-electron chi connectivity index (χ2n) is 6.55. The van der Waals surface area contributed by atoms with E-state index >= 15 is 0 Å². The van der Waals surface area contributed by atoms with Crippen LogP contribution in [0.25, 0.3) is 10.9 Å². The van der Waals surface area contributed by atoms with Crippen molar-refractivity contribution >= 4 is 40.3 Å². The summed E-state index contributed by atoms with van der Waals surface area (Å²) in [5.74, 6) is -2.06. The van der Waals surface area contributed by atoms with E-state index in [1.165, 1.54) is 6.92 Å². The Bertz CT molecular complexity index is 1060. The predicted molar refractivity (Wildman–Crippen MR) is 109 cm³/mol. The zero-order chi connectivity index (χ0) is 21.0. The molecule has 0 aliphatic rings. The van der Waals surface area contributed by atoms with Crippen molar-refractivity contribution in [1.29, 1.82) is 0 Å². The third-order valence-electron chi connectivity index (χ3n) is 4.50. The summed E-state index contributed by atoms with van der Waals surface area (Å²) in [7, 11) is 0. The lowest BCUT2D eigenvalue weighted by Gasteiger charge is -2.19. The van der Waals surface area contributed by atoms with Crippen LogP contribution < -0.4 is 11.1 Å². The van der Waals surface area contributed by atoms with E-state index in [-0.39, 0.29) is 17.0 Å². The summed E-state index contributed by atoms with van der Waals surface area (Å²) in [6, 6.07) is 13.0. The lowest BCUT2D eigenvalue weighted by atomic mass is 10.0. The quantitative estimate of drug-likeness (QED) is 0.516. The molecule has 8 heteroatoms. The van der Waals surface area contributed by atoms with E-state index in [9.17, 15) is 14.4 Å². The van der Waals surface area contributed by atoms with Gasteiger partial charge in [0.05, 0.1) is 10.6 Å². The fourth-order valence-electron chi connectivity index (χ4n) is 2.91. The molecule has 1 aromatic heterocycles. The number of hydrogen-bond acceptors (Lipinski definition) is 4. The zero-order valence-corrected chi connectivity index (χ0v) is 16.4. The molecule has 0 spiro atoms. The van der Waals surface area contributed by atoms with Crippen molar-refractivity contribution < 1.29 is 19.1 Å². The van der Waals surface area contributed by atoms with E-state index < -0.39 is 29.9 Å². The smallest absolute Gasteiger partial charge is 0.329 e. The van der Waals surface area contributed by atoms with Crippen LogP contribution in [0, 0.1) is 0 Å². The summed E-state index contributed by atoms with van der Waals surface area (Å²) in [5, 5.41) is 3.83. The van der Waals surface area contributed by atoms with Gasteiger partial charge in [-0.15, -0.1) is 0 Å². The summed E-state index contributed by atoms with van der Waals surface area (Å²) in [6.45, 7) is 1.37. The Morgan fingerprint density at radius 2 is 1.83 bits per heavy atom. The number of carbonyl (C=O) groups is 3. The van der Waals surface area contributed by atoms with Crippen LogP contribution in [0.1, 0.15) is 22.8 Å². The molecule has 1 heterocycles. The van der Waals surface area contributed by atoms with Crippen LogP contribution in [-0.2, 0) is 20.7 Å². The molecule has 29 heavy (non-hydrogen) atoms. The number of nitrogens with one attached hydrogen (secondary N) is 2. The Kier molecular flexibility index (Phi) is 6.19. The van der Waals surface area contributed by atoms with Crippen molar-refractivity contribution in [2.75, 3.05) is 0 Å². The second-order valence-corrected chi connectivity index (χ2v) is 6.96. The van der Waals surface area contributed by atoms with Gasteiger partial charge in [0.2, 0.25) is 0 Å². The monoisotopic (exact) mass is 413 g/mol. The third-order valence-corrected chi connectivity index (χ3v) is 4.83. The maximum atomic E-state index is 12.7. The van der Waals surface area contributed by atoms with Crippen molar-refractivity contribution in [3.63, 3.8) is 0 Å². The Balaban J connectivity index is 1.86. The predicted octanol–water partition coefficient (Wildman–Crippen LogP) is 2.58. The number of benzene rings is 2. The normalized spacial score (nSPS) is 12.9. The number of aromatic amines is 1. The first-order valence-electron chi connectivity index (χ1n) is 8.97. The number of aromatic nitrogens is 1. The van der Waals surface area contributed by atoms with Crippen LogP contribution in [0.5, 0.6) is 0 Å². The van der Waals surface area contributed by atoms with Crippen LogP contribution in [0.3, 0.4) is 0 Å². The lowest BCUT2D eigenvalue weighted by molar-refractivity contribution is -0.155. The van der Waals surface area contributed by atoms with Gasteiger partial charge in [-0.25, -0.2) is 4.79 Å². The van der Waals surface area contributed by atoms with Gasteiger partial charge >= 0.3 is 5.97 Å². The Morgan fingerprint density at radius 3 is 2.55 bits per heavy atom. The number of ether oxygens (including phenoxy) is 1. The summed E-state index contributed by atoms with van der Waals surface area (Å²) in [5.41, 5.74) is 7.13. The highest BCUT2D eigenvalue weighted by Gasteiger charge is 2.27. The molecule has 2 atom stereocenters. The molecule has 2 aromatic carbocycles. The molecule has 2 amide bonds. The molecule has 7 nitrogen and oxygen atoms in total. The lowest BCUT2D eigenvalue weighted by Crippen LogP contribution is -2.45. The summed E-state index contributed by atoms with van der Waals surface area (Å²) < 4.78 is 5.13. The molecule has 0 saturated carbocycles. The highest BCUT2D eigenvalue weighted by molar-refractivity contribution is 6.33. The van der Waals surface area contributed by atoms with Crippen LogP contribution in [0.15, 0.2) is 54.7 Å². The number of amides is 2. The highest BCUT2D eigenvalue weighted by Crippen LogP contribution is 2.20. The minimum absolute atomic E-state index is 0.157. The number of rotatable bonds is 7. The van der Waals surface area contributed by atoms with Gasteiger partial charge in [0.15, 0.2) is 6.10 Å².